The second-order valence-electron chi connectivity index (χ2n) is 6.94. The summed E-state index contributed by atoms with van der Waals surface area (Å²) in [6.45, 7) is 6.51. The predicted molar refractivity (Wildman–Crippen MR) is 105 cm³/mol. The van der Waals surface area contributed by atoms with Crippen LogP contribution in [0.5, 0.6) is 0 Å². The van der Waals surface area contributed by atoms with E-state index in [9.17, 15) is 9.59 Å². The quantitative estimate of drug-likeness (QED) is 0.646. The molecule has 1 aliphatic heterocycles. The smallest absolute Gasteiger partial charge is 0.238 e. The maximum atomic E-state index is 12.5. The molecule has 0 aliphatic carbocycles. The number of amides is 2. The second-order valence-corrected chi connectivity index (χ2v) is 6.94. The molecule has 2 amide bonds. The Kier molecular flexibility index (Phi) is 8.71. The van der Waals surface area contributed by atoms with Crippen molar-refractivity contribution >= 4 is 17.5 Å². The van der Waals surface area contributed by atoms with Gasteiger partial charge in [0, 0.05) is 32.5 Å². The van der Waals surface area contributed by atoms with Gasteiger partial charge in [-0.25, -0.2) is 0 Å². The summed E-state index contributed by atoms with van der Waals surface area (Å²) >= 11 is 0. The number of methoxy groups -OCH3 is 1. The number of ether oxygens (including phenoxy) is 2. The molecule has 1 aromatic rings. The molecule has 0 bridgehead atoms. The van der Waals surface area contributed by atoms with Gasteiger partial charge in [0.2, 0.25) is 11.8 Å². The van der Waals surface area contributed by atoms with Crippen LogP contribution in [-0.4, -0.2) is 69.3 Å². The molecule has 0 spiro atoms. The van der Waals surface area contributed by atoms with Crippen LogP contribution in [-0.2, 0) is 19.1 Å². The van der Waals surface area contributed by atoms with E-state index in [1.54, 1.807) is 12.0 Å². The van der Waals surface area contributed by atoms with Crippen LogP contribution in [0, 0.1) is 13.8 Å². The van der Waals surface area contributed by atoms with Crippen molar-refractivity contribution in [2.24, 2.45) is 0 Å². The van der Waals surface area contributed by atoms with Crippen LogP contribution in [0.1, 0.15) is 24.0 Å². The van der Waals surface area contributed by atoms with Gasteiger partial charge in [-0.1, -0.05) is 12.1 Å². The molecule has 27 heavy (non-hydrogen) atoms. The molecule has 0 radical (unpaired) electrons. The molecule has 0 saturated carbocycles. The van der Waals surface area contributed by atoms with Crippen molar-refractivity contribution in [2.45, 2.75) is 32.8 Å². The van der Waals surface area contributed by atoms with Crippen molar-refractivity contribution in [3.63, 3.8) is 0 Å². The van der Waals surface area contributed by atoms with E-state index >= 15 is 0 Å². The van der Waals surface area contributed by atoms with Gasteiger partial charge < -0.3 is 20.1 Å². The Bertz CT molecular complexity index is 630. The summed E-state index contributed by atoms with van der Waals surface area (Å²) in [7, 11) is 1.60. The van der Waals surface area contributed by atoms with Crippen LogP contribution >= 0.6 is 0 Å². The van der Waals surface area contributed by atoms with E-state index in [2.05, 4.69) is 10.6 Å². The van der Waals surface area contributed by atoms with Gasteiger partial charge in [0.1, 0.15) is 0 Å². The highest BCUT2D eigenvalue weighted by Gasteiger charge is 2.19. The Morgan fingerprint density at radius 2 is 2.04 bits per heavy atom. The first-order chi connectivity index (χ1) is 13.0. The largest absolute Gasteiger partial charge is 0.383 e. The van der Waals surface area contributed by atoms with Crippen LogP contribution < -0.4 is 10.6 Å². The Morgan fingerprint density at radius 1 is 1.26 bits per heavy atom. The summed E-state index contributed by atoms with van der Waals surface area (Å²) in [6.07, 6.45) is 2.12. The molecule has 1 aliphatic rings. The maximum absolute atomic E-state index is 12.5. The number of aryl methyl sites for hydroxylation is 1. The number of anilines is 1. The summed E-state index contributed by atoms with van der Waals surface area (Å²) in [5.74, 6) is -0.257. The third-order valence-electron chi connectivity index (χ3n) is 4.78. The molecule has 1 saturated heterocycles. The lowest BCUT2D eigenvalue weighted by Crippen LogP contribution is -2.44. The maximum Gasteiger partial charge on any atom is 0.238 e. The van der Waals surface area contributed by atoms with Crippen LogP contribution in [0.4, 0.5) is 5.69 Å². The number of nitrogens with zero attached hydrogens (tertiary/aromatic N) is 1. The number of benzene rings is 1. The minimum Gasteiger partial charge on any atom is -0.383 e. The van der Waals surface area contributed by atoms with Gasteiger partial charge in [0.15, 0.2) is 0 Å². The van der Waals surface area contributed by atoms with E-state index in [1.165, 1.54) is 0 Å². The molecule has 7 heteroatoms. The van der Waals surface area contributed by atoms with Crippen molar-refractivity contribution in [1.82, 2.24) is 10.2 Å². The summed E-state index contributed by atoms with van der Waals surface area (Å²) in [5, 5.41) is 5.83. The molecule has 1 fully saturated rings. The highest BCUT2D eigenvalue weighted by molar-refractivity contribution is 5.93. The Hall–Kier alpha value is -1.96. The lowest BCUT2D eigenvalue weighted by atomic mass is 10.1. The van der Waals surface area contributed by atoms with E-state index in [4.69, 9.17) is 9.47 Å². The van der Waals surface area contributed by atoms with Crippen LogP contribution in [0.25, 0.3) is 0 Å². The third-order valence-corrected chi connectivity index (χ3v) is 4.78. The van der Waals surface area contributed by atoms with Crippen LogP contribution in [0.2, 0.25) is 0 Å². The van der Waals surface area contributed by atoms with Crippen molar-refractivity contribution in [2.75, 3.05) is 51.8 Å². The summed E-state index contributed by atoms with van der Waals surface area (Å²) in [6, 6.07) is 5.81. The zero-order chi connectivity index (χ0) is 19.6. The lowest BCUT2D eigenvalue weighted by molar-refractivity contribution is -0.124. The number of rotatable bonds is 10. The van der Waals surface area contributed by atoms with E-state index in [-0.39, 0.29) is 31.0 Å². The Labute approximate surface area is 161 Å². The second kappa shape index (κ2) is 11.0. The zero-order valence-corrected chi connectivity index (χ0v) is 16.5. The minimum atomic E-state index is -0.147. The monoisotopic (exact) mass is 377 g/mol. The molecule has 1 unspecified atom stereocenters. The summed E-state index contributed by atoms with van der Waals surface area (Å²) in [4.78, 5) is 26.5. The average Bonchev–Trinajstić information content (AvgIpc) is 3.15. The number of carbonyl (C=O) groups is 2. The van der Waals surface area contributed by atoms with E-state index in [1.807, 2.05) is 32.0 Å². The Morgan fingerprint density at radius 3 is 2.74 bits per heavy atom. The highest BCUT2D eigenvalue weighted by Crippen LogP contribution is 2.17. The number of hydrogen-bond acceptors (Lipinski definition) is 5. The van der Waals surface area contributed by atoms with Crippen molar-refractivity contribution in [3.05, 3.63) is 29.3 Å². The first kappa shape index (κ1) is 21.3. The SMILES string of the molecule is COCCN(CC(=O)NCC1CCCO1)CC(=O)Nc1cccc(C)c1C. The van der Waals surface area contributed by atoms with Gasteiger partial charge in [-0.2, -0.15) is 0 Å². The van der Waals surface area contributed by atoms with Gasteiger partial charge in [0.05, 0.1) is 25.8 Å². The third kappa shape index (κ3) is 7.28. The fourth-order valence-corrected chi connectivity index (χ4v) is 3.01. The van der Waals surface area contributed by atoms with E-state index < -0.39 is 0 Å². The van der Waals surface area contributed by atoms with Crippen molar-refractivity contribution < 1.29 is 19.1 Å². The first-order valence-corrected chi connectivity index (χ1v) is 9.45. The standard InChI is InChI=1S/C20H31N3O4/c1-15-6-4-8-18(16(15)2)22-20(25)14-23(9-11-26-3)13-19(24)21-12-17-7-5-10-27-17/h4,6,8,17H,5,7,9-14H2,1-3H3,(H,21,24)(H,22,25). The lowest BCUT2D eigenvalue weighted by Gasteiger charge is -2.22. The fourth-order valence-electron chi connectivity index (χ4n) is 3.01. The topological polar surface area (TPSA) is 79.9 Å². The number of hydrogen-bond donors (Lipinski definition) is 2. The average molecular weight is 377 g/mol. The van der Waals surface area contributed by atoms with Gasteiger partial charge in [0.25, 0.3) is 0 Å². The Balaban J connectivity index is 1.85. The molecular formula is C20H31N3O4. The molecule has 1 heterocycles. The van der Waals surface area contributed by atoms with Gasteiger partial charge >= 0.3 is 0 Å². The number of carbonyl (C=O) groups excluding carboxylic acids is 2. The number of nitrogens with one attached hydrogen (secondary N) is 2. The molecule has 7 nitrogen and oxygen atoms in total. The molecule has 1 aromatic carbocycles. The van der Waals surface area contributed by atoms with Gasteiger partial charge in [-0.05, 0) is 43.9 Å². The molecule has 0 aromatic heterocycles. The highest BCUT2D eigenvalue weighted by atomic mass is 16.5. The van der Waals surface area contributed by atoms with Gasteiger partial charge in [-0.3, -0.25) is 14.5 Å². The zero-order valence-electron chi connectivity index (χ0n) is 16.5. The van der Waals surface area contributed by atoms with Gasteiger partial charge in [-0.15, -0.1) is 0 Å². The van der Waals surface area contributed by atoms with E-state index in [0.717, 1.165) is 36.3 Å². The van der Waals surface area contributed by atoms with Crippen LogP contribution in [0.3, 0.4) is 0 Å². The molecule has 150 valence electrons. The van der Waals surface area contributed by atoms with Crippen molar-refractivity contribution in [3.8, 4) is 0 Å². The summed E-state index contributed by atoms with van der Waals surface area (Å²) < 4.78 is 10.6. The molecule has 2 rings (SSSR count). The molecule has 2 N–H and O–H groups in total. The molecule has 1 atom stereocenters. The first-order valence-electron chi connectivity index (χ1n) is 9.45. The van der Waals surface area contributed by atoms with Crippen LogP contribution in [0.15, 0.2) is 18.2 Å². The van der Waals surface area contributed by atoms with Crippen molar-refractivity contribution in [1.29, 1.82) is 0 Å². The fraction of sp³-hybridized carbons (Fsp3) is 0.600. The molecular weight excluding hydrogens is 346 g/mol. The summed E-state index contributed by atoms with van der Waals surface area (Å²) in [5.41, 5.74) is 2.97. The minimum absolute atomic E-state index is 0.106. The van der Waals surface area contributed by atoms with E-state index in [0.29, 0.717) is 19.7 Å². The predicted octanol–water partition coefficient (Wildman–Crippen LogP) is 1.49. The normalized spacial score (nSPS) is 16.5.